The Kier molecular flexibility index (Phi) is 4.95. The van der Waals surface area contributed by atoms with Crippen molar-refractivity contribution in [3.63, 3.8) is 0 Å². The summed E-state index contributed by atoms with van der Waals surface area (Å²) in [6, 6.07) is 13.4. The van der Waals surface area contributed by atoms with E-state index in [-0.39, 0.29) is 6.61 Å². The molecule has 0 unspecified atom stereocenters. The fraction of sp³-hybridized carbons (Fsp3) is 0.143. The lowest BCUT2D eigenvalue weighted by atomic mass is 10.2. The van der Waals surface area contributed by atoms with Crippen molar-refractivity contribution in [1.82, 2.24) is 0 Å². The highest BCUT2D eigenvalue weighted by Gasteiger charge is 2.05. The standard InChI is InChI=1S/C14H12Cl2OS/c15-12-4-2-1-3-11(12)9-18-14-6-5-10(8-17)7-13(14)16/h1-7,17H,8-9H2. The Labute approximate surface area is 121 Å². The van der Waals surface area contributed by atoms with E-state index in [0.29, 0.717) is 5.02 Å². The molecule has 0 aliphatic heterocycles. The van der Waals surface area contributed by atoms with Gasteiger partial charge in [-0.1, -0.05) is 47.5 Å². The fourth-order valence-electron chi connectivity index (χ4n) is 1.53. The zero-order valence-corrected chi connectivity index (χ0v) is 11.9. The Balaban J connectivity index is 2.09. The minimum absolute atomic E-state index is 0.00911. The normalized spacial score (nSPS) is 10.6. The first-order valence-corrected chi connectivity index (χ1v) is 7.20. The van der Waals surface area contributed by atoms with Crippen LogP contribution in [0.1, 0.15) is 11.1 Å². The molecule has 0 radical (unpaired) electrons. The van der Waals surface area contributed by atoms with Gasteiger partial charge in [0.15, 0.2) is 0 Å². The van der Waals surface area contributed by atoms with Gasteiger partial charge in [0, 0.05) is 15.7 Å². The Morgan fingerprint density at radius 1 is 1.00 bits per heavy atom. The number of hydrogen-bond donors (Lipinski definition) is 1. The molecule has 0 saturated heterocycles. The van der Waals surface area contributed by atoms with E-state index in [1.165, 1.54) is 0 Å². The average molecular weight is 299 g/mol. The molecule has 4 heteroatoms. The van der Waals surface area contributed by atoms with Gasteiger partial charge in [-0.3, -0.25) is 0 Å². The minimum atomic E-state index is 0.00911. The van der Waals surface area contributed by atoms with Crippen molar-refractivity contribution in [3.05, 3.63) is 63.6 Å². The Morgan fingerprint density at radius 3 is 2.44 bits per heavy atom. The molecule has 0 bridgehead atoms. The summed E-state index contributed by atoms with van der Waals surface area (Å²) in [7, 11) is 0. The van der Waals surface area contributed by atoms with Crippen LogP contribution in [0.25, 0.3) is 0 Å². The van der Waals surface area contributed by atoms with E-state index in [1.807, 2.05) is 36.4 Å². The Bertz CT molecular complexity index is 543. The van der Waals surface area contributed by atoms with Gasteiger partial charge < -0.3 is 5.11 Å². The van der Waals surface area contributed by atoms with E-state index < -0.39 is 0 Å². The molecule has 94 valence electrons. The molecule has 0 aromatic heterocycles. The van der Waals surface area contributed by atoms with Crippen LogP contribution in [0.15, 0.2) is 47.4 Å². The highest BCUT2D eigenvalue weighted by molar-refractivity contribution is 7.98. The van der Waals surface area contributed by atoms with Gasteiger partial charge in [-0.15, -0.1) is 11.8 Å². The molecule has 0 saturated carbocycles. The van der Waals surface area contributed by atoms with Crippen molar-refractivity contribution < 1.29 is 5.11 Å². The van der Waals surface area contributed by atoms with Gasteiger partial charge in [0.1, 0.15) is 0 Å². The van der Waals surface area contributed by atoms with Gasteiger partial charge in [-0.25, -0.2) is 0 Å². The third-order valence-electron chi connectivity index (χ3n) is 2.52. The van der Waals surface area contributed by atoms with Crippen LogP contribution in [0, 0.1) is 0 Å². The number of aliphatic hydroxyl groups is 1. The lowest BCUT2D eigenvalue weighted by Gasteiger charge is -2.07. The first-order valence-electron chi connectivity index (χ1n) is 5.46. The second kappa shape index (κ2) is 6.48. The topological polar surface area (TPSA) is 20.2 Å². The van der Waals surface area contributed by atoms with Crippen molar-refractivity contribution in [2.75, 3.05) is 0 Å². The van der Waals surface area contributed by atoms with Gasteiger partial charge in [0.05, 0.1) is 11.6 Å². The molecule has 18 heavy (non-hydrogen) atoms. The van der Waals surface area contributed by atoms with Gasteiger partial charge in [0.2, 0.25) is 0 Å². The SMILES string of the molecule is OCc1ccc(SCc2ccccc2Cl)c(Cl)c1. The molecular formula is C14H12Cl2OS. The van der Waals surface area contributed by atoms with Crippen LogP contribution in [-0.2, 0) is 12.4 Å². The summed E-state index contributed by atoms with van der Waals surface area (Å²) in [5.41, 5.74) is 1.91. The lowest BCUT2D eigenvalue weighted by molar-refractivity contribution is 0.282. The zero-order valence-electron chi connectivity index (χ0n) is 9.57. The summed E-state index contributed by atoms with van der Waals surface area (Å²) in [5.74, 6) is 0.776. The van der Waals surface area contributed by atoms with Crippen molar-refractivity contribution in [1.29, 1.82) is 0 Å². The molecular weight excluding hydrogens is 287 g/mol. The second-order valence-corrected chi connectivity index (χ2v) is 5.63. The molecule has 1 N–H and O–H groups in total. The van der Waals surface area contributed by atoms with Crippen LogP contribution >= 0.6 is 35.0 Å². The third kappa shape index (κ3) is 3.42. The molecule has 2 aromatic rings. The smallest absolute Gasteiger partial charge is 0.0682 e. The molecule has 0 aliphatic carbocycles. The first kappa shape index (κ1) is 13.8. The largest absolute Gasteiger partial charge is 0.392 e. The monoisotopic (exact) mass is 298 g/mol. The van der Waals surface area contributed by atoms with E-state index >= 15 is 0 Å². The van der Waals surface area contributed by atoms with E-state index in [9.17, 15) is 0 Å². The van der Waals surface area contributed by atoms with Crippen molar-refractivity contribution in [2.45, 2.75) is 17.3 Å². The van der Waals surface area contributed by atoms with Crippen molar-refractivity contribution in [3.8, 4) is 0 Å². The zero-order chi connectivity index (χ0) is 13.0. The van der Waals surface area contributed by atoms with Crippen LogP contribution in [0.4, 0.5) is 0 Å². The van der Waals surface area contributed by atoms with Crippen molar-refractivity contribution >= 4 is 35.0 Å². The highest BCUT2D eigenvalue weighted by atomic mass is 35.5. The minimum Gasteiger partial charge on any atom is -0.392 e. The Morgan fingerprint density at radius 2 is 1.78 bits per heavy atom. The Hall–Kier alpha value is -0.670. The lowest BCUT2D eigenvalue weighted by Crippen LogP contribution is -1.86. The van der Waals surface area contributed by atoms with Gasteiger partial charge in [0.25, 0.3) is 0 Å². The maximum Gasteiger partial charge on any atom is 0.0682 e. The predicted molar refractivity (Wildman–Crippen MR) is 78.4 cm³/mol. The first-order chi connectivity index (χ1) is 8.70. The van der Waals surface area contributed by atoms with Crippen molar-refractivity contribution in [2.24, 2.45) is 0 Å². The van der Waals surface area contributed by atoms with Crippen LogP contribution < -0.4 is 0 Å². The van der Waals surface area contributed by atoms with Crippen LogP contribution in [0.2, 0.25) is 10.0 Å². The van der Waals surface area contributed by atoms with Crippen LogP contribution in [0.3, 0.4) is 0 Å². The van der Waals surface area contributed by atoms with E-state index in [1.54, 1.807) is 17.8 Å². The maximum absolute atomic E-state index is 9.01. The summed E-state index contributed by atoms with van der Waals surface area (Å²) in [5, 5.41) is 10.5. The maximum atomic E-state index is 9.01. The van der Waals surface area contributed by atoms with Gasteiger partial charge >= 0.3 is 0 Å². The summed E-state index contributed by atoms with van der Waals surface area (Å²) in [4.78, 5) is 0.994. The molecule has 0 spiro atoms. The molecule has 0 atom stereocenters. The number of aliphatic hydroxyl groups excluding tert-OH is 1. The van der Waals surface area contributed by atoms with Gasteiger partial charge in [-0.2, -0.15) is 0 Å². The summed E-state index contributed by atoms with van der Waals surface area (Å²) in [6.07, 6.45) is 0. The summed E-state index contributed by atoms with van der Waals surface area (Å²) >= 11 is 13.9. The van der Waals surface area contributed by atoms with E-state index in [0.717, 1.165) is 26.8 Å². The fourth-order valence-corrected chi connectivity index (χ4v) is 3.10. The van der Waals surface area contributed by atoms with Crippen LogP contribution in [0.5, 0.6) is 0 Å². The number of hydrogen-bond acceptors (Lipinski definition) is 2. The van der Waals surface area contributed by atoms with Crippen LogP contribution in [-0.4, -0.2) is 5.11 Å². The molecule has 0 amide bonds. The van der Waals surface area contributed by atoms with Gasteiger partial charge in [-0.05, 0) is 29.3 Å². The predicted octanol–water partition coefficient (Wildman–Crippen LogP) is 4.78. The molecule has 0 aliphatic rings. The number of benzene rings is 2. The number of halogens is 2. The molecule has 2 aromatic carbocycles. The van der Waals surface area contributed by atoms with E-state index in [2.05, 4.69) is 0 Å². The summed E-state index contributed by atoms with van der Waals surface area (Å²) < 4.78 is 0. The molecule has 2 rings (SSSR count). The van der Waals surface area contributed by atoms with E-state index in [4.69, 9.17) is 28.3 Å². The number of thioether (sulfide) groups is 1. The second-order valence-electron chi connectivity index (χ2n) is 3.80. The molecule has 0 heterocycles. The molecule has 1 nitrogen and oxygen atoms in total. The molecule has 0 fully saturated rings. The third-order valence-corrected chi connectivity index (χ3v) is 4.44. The quantitative estimate of drug-likeness (QED) is 0.820. The summed E-state index contributed by atoms with van der Waals surface area (Å²) in [6.45, 7) is 0.00911. The number of rotatable bonds is 4. The average Bonchev–Trinajstić information content (AvgIpc) is 2.39. The highest BCUT2D eigenvalue weighted by Crippen LogP contribution is 2.32.